The van der Waals surface area contributed by atoms with Gasteiger partial charge in [0.25, 0.3) is 0 Å². The van der Waals surface area contributed by atoms with Crippen LogP contribution in [0.4, 0.5) is 17.1 Å². The first-order valence-corrected chi connectivity index (χ1v) is 17.5. The summed E-state index contributed by atoms with van der Waals surface area (Å²) in [7, 11) is 0. The van der Waals surface area contributed by atoms with Gasteiger partial charge in [0.15, 0.2) is 6.10 Å². The maximum Gasteiger partial charge on any atom is 0.354 e. The Morgan fingerprint density at radius 3 is 1.28 bits per heavy atom. The minimum Gasteiger partial charge on any atom is -0.457 e. The van der Waals surface area contributed by atoms with Gasteiger partial charge in [-0.1, -0.05) is 54.6 Å². The predicted octanol–water partition coefficient (Wildman–Crippen LogP) is 4.82. The first-order valence-electron chi connectivity index (χ1n) is 17.5. The highest BCUT2D eigenvalue weighted by molar-refractivity contribution is 5.96. The van der Waals surface area contributed by atoms with Gasteiger partial charge in [0.1, 0.15) is 36.3 Å². The number of nitrogens with zero attached hydrogens (tertiary/aromatic N) is 4. The van der Waals surface area contributed by atoms with E-state index in [1.807, 2.05) is 0 Å². The number of allylic oxidation sites excluding steroid dienone is 6. The van der Waals surface area contributed by atoms with E-state index in [0.717, 1.165) is 6.08 Å². The van der Waals surface area contributed by atoms with E-state index in [1.54, 1.807) is 97.1 Å². The molecule has 3 amide bonds. The van der Waals surface area contributed by atoms with Gasteiger partial charge in [0.05, 0.1) is 0 Å². The first-order chi connectivity index (χ1) is 27.8. The lowest BCUT2D eigenvalue weighted by Crippen LogP contribution is -2.33. The van der Waals surface area contributed by atoms with E-state index in [1.165, 1.54) is 84.5 Å². The van der Waals surface area contributed by atoms with E-state index in [4.69, 9.17) is 25.7 Å². The molecule has 1 atom stereocenters. The Labute approximate surface area is 335 Å². The molecule has 3 aromatic carbocycles. The average Bonchev–Trinajstić information content (AvgIpc) is 3.22. The van der Waals surface area contributed by atoms with Crippen molar-refractivity contribution in [2.75, 3.05) is 27.9 Å². The number of para-hydroxylation sites is 3. The van der Waals surface area contributed by atoms with Crippen molar-refractivity contribution in [3.8, 4) is 6.07 Å². The molecule has 0 saturated carbocycles. The topological polar surface area (TPSA) is 216 Å². The molecule has 0 spiro atoms. The highest BCUT2D eigenvalue weighted by Crippen LogP contribution is 2.16. The average molecular weight is 787 g/mol. The van der Waals surface area contributed by atoms with Gasteiger partial charge in [-0.25, -0.2) is 14.4 Å². The van der Waals surface area contributed by atoms with Crippen LogP contribution in [0.3, 0.4) is 0 Å². The van der Waals surface area contributed by atoms with Gasteiger partial charge in [-0.2, -0.15) is 5.26 Å². The molecule has 0 aromatic heterocycles. The zero-order valence-electron chi connectivity index (χ0n) is 32.0. The van der Waals surface area contributed by atoms with Crippen molar-refractivity contribution in [2.24, 2.45) is 11.5 Å². The van der Waals surface area contributed by atoms with Crippen LogP contribution in [0.2, 0.25) is 0 Å². The number of benzene rings is 3. The smallest absolute Gasteiger partial charge is 0.354 e. The number of hydrogen-bond acceptors (Lipinski definition) is 12. The fourth-order valence-corrected chi connectivity index (χ4v) is 4.70. The monoisotopic (exact) mass is 786 g/mol. The van der Waals surface area contributed by atoms with Gasteiger partial charge >= 0.3 is 17.9 Å². The standard InChI is InChI=1S/C43H42N6O9/c1-31(50)47(35-17-7-4-8-18-35)25-13-16-34(28-44)41(53)56-29-38(58-43(55)40(46)24-15-27-49(33(3)52)37-21-11-6-12-22-37)30-57-42(54)39(45)23-14-26-48(32(2)51)36-19-9-5-10-20-36/h4-27,38H,29-30,45-46H2,1-3H3/b25-13+,26-14+,27-15+,34-16-,39-23+,40-24+. The largest absolute Gasteiger partial charge is 0.457 e. The van der Waals surface area contributed by atoms with E-state index >= 15 is 0 Å². The Morgan fingerprint density at radius 1 is 0.569 bits per heavy atom. The Kier molecular flexibility index (Phi) is 17.6. The van der Waals surface area contributed by atoms with Gasteiger partial charge in [0, 0.05) is 56.4 Å². The van der Waals surface area contributed by atoms with Crippen molar-refractivity contribution >= 4 is 52.7 Å². The molecule has 15 nitrogen and oxygen atoms in total. The summed E-state index contributed by atoms with van der Waals surface area (Å²) in [5.41, 5.74) is 12.3. The Morgan fingerprint density at radius 2 is 0.914 bits per heavy atom. The highest BCUT2D eigenvalue weighted by Gasteiger charge is 2.22. The van der Waals surface area contributed by atoms with Crippen LogP contribution in [-0.2, 0) is 43.0 Å². The Hall–Kier alpha value is -7.99. The molecular formula is C43H42N6O9. The molecule has 1 unspecified atom stereocenters. The lowest BCUT2D eigenvalue weighted by atomic mass is 10.2. The molecule has 0 aliphatic heterocycles. The summed E-state index contributed by atoms with van der Waals surface area (Å²) in [4.78, 5) is 79.2. The molecule has 298 valence electrons. The summed E-state index contributed by atoms with van der Waals surface area (Å²) in [6.45, 7) is 2.67. The van der Waals surface area contributed by atoms with Crippen LogP contribution in [0.5, 0.6) is 0 Å². The number of esters is 3. The third-order valence-corrected chi connectivity index (χ3v) is 7.53. The van der Waals surface area contributed by atoms with Crippen molar-refractivity contribution < 1.29 is 43.0 Å². The zero-order valence-corrected chi connectivity index (χ0v) is 32.0. The molecule has 3 aromatic rings. The number of hydrogen-bond donors (Lipinski definition) is 2. The third kappa shape index (κ3) is 14.3. The second kappa shape index (κ2) is 23.0. The normalized spacial score (nSPS) is 12.4. The second-order valence-electron chi connectivity index (χ2n) is 11.9. The zero-order chi connectivity index (χ0) is 42.5. The van der Waals surface area contributed by atoms with E-state index < -0.39 is 48.5 Å². The fraction of sp³-hybridized carbons (Fsp3) is 0.140. The third-order valence-electron chi connectivity index (χ3n) is 7.53. The summed E-state index contributed by atoms with van der Waals surface area (Å²) in [5.74, 6) is -4.21. The molecule has 0 radical (unpaired) electrons. The van der Waals surface area contributed by atoms with Crippen molar-refractivity contribution in [3.05, 3.63) is 163 Å². The number of amides is 3. The van der Waals surface area contributed by atoms with Gasteiger partial charge in [-0.3, -0.25) is 29.1 Å². The number of rotatable bonds is 17. The van der Waals surface area contributed by atoms with Crippen LogP contribution >= 0.6 is 0 Å². The Bertz CT molecular complexity index is 2160. The second-order valence-corrected chi connectivity index (χ2v) is 11.9. The molecule has 0 fully saturated rings. The van der Waals surface area contributed by atoms with Gasteiger partial charge in [-0.15, -0.1) is 0 Å². The van der Waals surface area contributed by atoms with E-state index in [2.05, 4.69) is 0 Å². The summed E-state index contributed by atoms with van der Waals surface area (Å²) in [5, 5.41) is 9.65. The Balaban J connectivity index is 1.77. The number of ether oxygens (including phenoxy) is 3. The summed E-state index contributed by atoms with van der Waals surface area (Å²) in [6, 6.07) is 27.8. The fourth-order valence-electron chi connectivity index (χ4n) is 4.70. The molecule has 4 N–H and O–H groups in total. The maximum atomic E-state index is 13.0. The molecule has 3 rings (SSSR count). The van der Waals surface area contributed by atoms with Crippen LogP contribution < -0.4 is 26.2 Å². The van der Waals surface area contributed by atoms with Gasteiger partial charge in [0.2, 0.25) is 17.7 Å². The van der Waals surface area contributed by atoms with Gasteiger partial charge in [-0.05, 0) is 72.9 Å². The highest BCUT2D eigenvalue weighted by atomic mass is 16.6. The molecule has 0 aliphatic rings. The summed E-state index contributed by atoms with van der Waals surface area (Å²) < 4.78 is 15.9. The van der Waals surface area contributed by atoms with E-state index in [0.29, 0.717) is 17.1 Å². The number of nitrogens with two attached hydrogens (primary N) is 2. The molecule has 0 heterocycles. The molecule has 0 bridgehead atoms. The van der Waals surface area contributed by atoms with Crippen LogP contribution in [0, 0.1) is 11.3 Å². The van der Waals surface area contributed by atoms with E-state index in [9.17, 15) is 34.0 Å². The SMILES string of the molecule is CC(=O)N(/C=C/C=C(/C#N)C(=O)OCC(COC(=O)/C(N)=C\C=C\N(C(C)=O)c1ccccc1)OC(=O)/C(N)=C\C=C\N(C(C)=O)c1ccccc1)c1ccccc1. The van der Waals surface area contributed by atoms with Crippen molar-refractivity contribution in [3.63, 3.8) is 0 Å². The number of anilines is 3. The van der Waals surface area contributed by atoms with Crippen LogP contribution in [0.25, 0.3) is 0 Å². The van der Waals surface area contributed by atoms with Crippen molar-refractivity contribution in [2.45, 2.75) is 26.9 Å². The first kappa shape index (κ1) is 44.4. The van der Waals surface area contributed by atoms with Crippen LogP contribution in [0.1, 0.15) is 20.8 Å². The van der Waals surface area contributed by atoms with Crippen LogP contribution in [0.15, 0.2) is 163 Å². The lowest BCUT2D eigenvalue weighted by molar-refractivity contribution is -0.161. The summed E-state index contributed by atoms with van der Waals surface area (Å²) in [6.07, 6.45) is 10.2. The summed E-state index contributed by atoms with van der Waals surface area (Å²) >= 11 is 0. The maximum absolute atomic E-state index is 13.0. The molecule has 0 aliphatic carbocycles. The van der Waals surface area contributed by atoms with Crippen LogP contribution in [-0.4, -0.2) is 54.9 Å². The quantitative estimate of drug-likeness (QED) is 0.0619. The number of carbonyl (C=O) groups excluding carboxylic acids is 6. The van der Waals surface area contributed by atoms with E-state index in [-0.39, 0.29) is 23.4 Å². The van der Waals surface area contributed by atoms with Crippen molar-refractivity contribution in [1.29, 1.82) is 5.26 Å². The molecule has 0 saturated heterocycles. The predicted molar refractivity (Wildman–Crippen MR) is 216 cm³/mol. The molecular weight excluding hydrogens is 745 g/mol. The number of nitriles is 1. The van der Waals surface area contributed by atoms with Gasteiger partial charge < -0.3 is 25.7 Å². The molecule has 15 heteroatoms. The lowest BCUT2D eigenvalue weighted by Gasteiger charge is -2.18. The molecule has 58 heavy (non-hydrogen) atoms. The van der Waals surface area contributed by atoms with Crippen molar-refractivity contribution in [1.82, 2.24) is 0 Å². The number of carbonyl (C=O) groups is 6. The minimum atomic E-state index is -1.45. The minimum absolute atomic E-state index is 0.303.